The largest absolute Gasteiger partial charge is 0.493 e. The third-order valence-electron chi connectivity index (χ3n) is 3.81. The minimum absolute atomic E-state index is 0.0230. The van der Waals surface area contributed by atoms with Gasteiger partial charge < -0.3 is 19.3 Å². The van der Waals surface area contributed by atoms with Gasteiger partial charge in [0.25, 0.3) is 0 Å². The van der Waals surface area contributed by atoms with Crippen LogP contribution in [0.15, 0.2) is 36.4 Å². The van der Waals surface area contributed by atoms with Crippen LogP contribution in [0.1, 0.15) is 15.9 Å². The number of para-hydroxylation sites is 1. The van der Waals surface area contributed by atoms with Gasteiger partial charge in [-0.2, -0.15) is 0 Å². The average Bonchev–Trinajstić information content (AvgIpc) is 2.65. The van der Waals surface area contributed by atoms with Gasteiger partial charge in [-0.1, -0.05) is 12.1 Å². The van der Waals surface area contributed by atoms with E-state index in [0.29, 0.717) is 22.8 Å². The van der Waals surface area contributed by atoms with Gasteiger partial charge in [0.2, 0.25) is 15.8 Å². The molecule has 27 heavy (non-hydrogen) atoms. The molecular formula is C18H21NO7S. The van der Waals surface area contributed by atoms with E-state index >= 15 is 0 Å². The number of carboxylic acid groups (broad SMARTS) is 1. The standard InChI is InChI=1S/C18H21NO7S/c1-24-15-10-12(11-16(25-2)17(15)26-3)8-9-27(22,23)19-14-7-5-4-6-13(14)18(20)21/h4-7,10-11,19H,8-9H2,1-3H3,(H,20,21). The monoisotopic (exact) mass is 395 g/mol. The van der Waals surface area contributed by atoms with E-state index in [1.165, 1.54) is 39.5 Å². The fraction of sp³-hybridized carbons (Fsp3) is 0.278. The minimum atomic E-state index is -3.77. The Labute approximate surface area is 157 Å². The zero-order valence-corrected chi connectivity index (χ0v) is 16.0. The highest BCUT2D eigenvalue weighted by Gasteiger charge is 2.18. The van der Waals surface area contributed by atoms with Gasteiger partial charge in [0.1, 0.15) is 0 Å². The fourth-order valence-electron chi connectivity index (χ4n) is 2.51. The lowest BCUT2D eigenvalue weighted by atomic mass is 10.1. The number of anilines is 1. The summed E-state index contributed by atoms with van der Waals surface area (Å²) in [5.74, 6) is -0.195. The Hall–Kier alpha value is -2.94. The van der Waals surface area contributed by atoms with Crippen LogP contribution in [0.3, 0.4) is 0 Å². The molecule has 0 aliphatic carbocycles. The number of nitrogens with one attached hydrogen (secondary N) is 1. The van der Waals surface area contributed by atoms with Crippen LogP contribution in [0.5, 0.6) is 17.2 Å². The summed E-state index contributed by atoms with van der Waals surface area (Å²) >= 11 is 0. The van der Waals surface area contributed by atoms with Gasteiger partial charge >= 0.3 is 5.97 Å². The molecule has 0 heterocycles. The molecule has 0 atom stereocenters. The predicted octanol–water partition coefficient (Wildman–Crippen LogP) is 2.40. The number of aromatic carboxylic acids is 1. The number of rotatable bonds is 9. The molecule has 2 rings (SSSR count). The van der Waals surface area contributed by atoms with Gasteiger partial charge in [0, 0.05) is 0 Å². The van der Waals surface area contributed by atoms with E-state index in [1.54, 1.807) is 18.2 Å². The number of aryl methyl sites for hydroxylation is 1. The average molecular weight is 395 g/mol. The maximum atomic E-state index is 12.4. The van der Waals surface area contributed by atoms with E-state index in [1.807, 2.05) is 0 Å². The summed E-state index contributed by atoms with van der Waals surface area (Å²) in [6, 6.07) is 9.16. The highest BCUT2D eigenvalue weighted by Crippen LogP contribution is 2.38. The molecule has 146 valence electrons. The van der Waals surface area contributed by atoms with Crippen LogP contribution in [0.4, 0.5) is 5.69 Å². The fourth-order valence-corrected chi connectivity index (χ4v) is 3.63. The zero-order valence-electron chi connectivity index (χ0n) is 15.2. The molecule has 2 aromatic rings. The molecule has 0 saturated heterocycles. The maximum absolute atomic E-state index is 12.4. The first-order valence-electron chi connectivity index (χ1n) is 7.93. The number of hydrogen-bond acceptors (Lipinski definition) is 6. The van der Waals surface area contributed by atoms with Crippen LogP contribution < -0.4 is 18.9 Å². The molecule has 0 radical (unpaired) electrons. The molecule has 0 amide bonds. The summed E-state index contributed by atoms with van der Waals surface area (Å²) in [4.78, 5) is 11.2. The summed E-state index contributed by atoms with van der Waals surface area (Å²) in [5, 5.41) is 9.16. The Morgan fingerprint density at radius 3 is 2.15 bits per heavy atom. The highest BCUT2D eigenvalue weighted by atomic mass is 32.2. The number of sulfonamides is 1. The molecule has 0 saturated carbocycles. The Kier molecular flexibility index (Phi) is 6.51. The Bertz CT molecular complexity index is 900. The number of carbonyl (C=O) groups is 1. The third kappa shape index (κ3) is 5.04. The van der Waals surface area contributed by atoms with Crippen molar-refractivity contribution in [3.63, 3.8) is 0 Å². The van der Waals surface area contributed by atoms with Crippen LogP contribution in [-0.2, 0) is 16.4 Å². The lowest BCUT2D eigenvalue weighted by Gasteiger charge is -2.14. The molecule has 0 aliphatic heterocycles. The van der Waals surface area contributed by atoms with Gasteiger partial charge in [-0.25, -0.2) is 13.2 Å². The van der Waals surface area contributed by atoms with E-state index in [4.69, 9.17) is 19.3 Å². The van der Waals surface area contributed by atoms with Crippen molar-refractivity contribution < 1.29 is 32.5 Å². The number of hydrogen-bond donors (Lipinski definition) is 2. The van der Waals surface area contributed by atoms with E-state index in [-0.39, 0.29) is 23.4 Å². The third-order valence-corrected chi connectivity index (χ3v) is 5.08. The molecule has 2 N–H and O–H groups in total. The number of methoxy groups -OCH3 is 3. The molecule has 0 unspecified atom stereocenters. The molecule has 8 nitrogen and oxygen atoms in total. The van der Waals surface area contributed by atoms with E-state index in [2.05, 4.69) is 4.72 Å². The van der Waals surface area contributed by atoms with E-state index in [0.717, 1.165) is 0 Å². The number of ether oxygens (including phenoxy) is 3. The van der Waals surface area contributed by atoms with Crippen molar-refractivity contribution in [1.82, 2.24) is 0 Å². The van der Waals surface area contributed by atoms with Crippen LogP contribution in [0.2, 0.25) is 0 Å². The van der Waals surface area contributed by atoms with E-state index in [9.17, 15) is 13.2 Å². The molecule has 0 aliphatic rings. The second kappa shape index (κ2) is 8.63. The molecular weight excluding hydrogens is 374 g/mol. The van der Waals surface area contributed by atoms with Gasteiger partial charge in [-0.15, -0.1) is 0 Å². The van der Waals surface area contributed by atoms with Crippen molar-refractivity contribution in [2.45, 2.75) is 6.42 Å². The van der Waals surface area contributed by atoms with Crippen LogP contribution in [-0.4, -0.2) is 46.6 Å². The first kappa shape index (κ1) is 20.4. The van der Waals surface area contributed by atoms with Crippen molar-refractivity contribution in [2.75, 3.05) is 31.8 Å². The smallest absolute Gasteiger partial charge is 0.337 e. The maximum Gasteiger partial charge on any atom is 0.337 e. The summed E-state index contributed by atoms with van der Waals surface area (Å²) in [7, 11) is 0.659. The minimum Gasteiger partial charge on any atom is -0.493 e. The first-order valence-corrected chi connectivity index (χ1v) is 9.58. The van der Waals surface area contributed by atoms with Crippen LogP contribution >= 0.6 is 0 Å². The molecule has 9 heteroatoms. The van der Waals surface area contributed by atoms with Gasteiger partial charge in [-0.3, -0.25) is 4.72 Å². The second-order valence-corrected chi connectivity index (χ2v) is 7.40. The van der Waals surface area contributed by atoms with Crippen LogP contribution in [0.25, 0.3) is 0 Å². The Morgan fingerprint density at radius 2 is 1.63 bits per heavy atom. The lowest BCUT2D eigenvalue weighted by molar-refractivity contribution is 0.0698. The molecule has 0 spiro atoms. The SMILES string of the molecule is COc1cc(CCS(=O)(=O)Nc2ccccc2C(=O)O)cc(OC)c1OC. The van der Waals surface area contributed by atoms with Crippen molar-refractivity contribution in [2.24, 2.45) is 0 Å². The Morgan fingerprint density at radius 1 is 1.04 bits per heavy atom. The van der Waals surface area contributed by atoms with Gasteiger partial charge in [-0.05, 0) is 36.2 Å². The predicted molar refractivity (Wildman–Crippen MR) is 101 cm³/mol. The number of carboxylic acids is 1. The number of benzene rings is 2. The van der Waals surface area contributed by atoms with Crippen LogP contribution in [0, 0.1) is 0 Å². The van der Waals surface area contributed by atoms with Crippen molar-refractivity contribution in [3.8, 4) is 17.2 Å². The molecule has 2 aromatic carbocycles. The lowest BCUT2D eigenvalue weighted by Crippen LogP contribution is -2.20. The molecule has 0 fully saturated rings. The van der Waals surface area contributed by atoms with Crippen molar-refractivity contribution in [3.05, 3.63) is 47.5 Å². The first-order chi connectivity index (χ1) is 12.8. The zero-order chi connectivity index (χ0) is 20.0. The quantitative estimate of drug-likeness (QED) is 0.670. The van der Waals surface area contributed by atoms with Gasteiger partial charge in [0.05, 0.1) is 38.3 Å². The topological polar surface area (TPSA) is 111 Å². The summed E-state index contributed by atoms with van der Waals surface area (Å²) in [6.07, 6.45) is 0.168. The van der Waals surface area contributed by atoms with Crippen molar-refractivity contribution in [1.29, 1.82) is 0 Å². The van der Waals surface area contributed by atoms with Crippen molar-refractivity contribution >= 4 is 21.7 Å². The Balaban J connectivity index is 2.19. The van der Waals surface area contributed by atoms with Gasteiger partial charge in [0.15, 0.2) is 11.5 Å². The molecule has 0 aromatic heterocycles. The van der Waals surface area contributed by atoms with E-state index < -0.39 is 16.0 Å². The summed E-state index contributed by atoms with van der Waals surface area (Å²) in [5.41, 5.74) is 0.574. The highest BCUT2D eigenvalue weighted by molar-refractivity contribution is 7.92. The second-order valence-electron chi connectivity index (χ2n) is 5.56. The summed E-state index contributed by atoms with van der Waals surface area (Å²) in [6.45, 7) is 0. The molecule has 0 bridgehead atoms. The normalized spacial score (nSPS) is 10.9. The summed E-state index contributed by atoms with van der Waals surface area (Å²) < 4.78 is 42.8.